The maximum Gasteiger partial charge on any atom is 0.310 e. The van der Waals surface area contributed by atoms with E-state index >= 15 is 0 Å². The number of carbonyl (C=O) groups is 2. The van der Waals surface area contributed by atoms with Gasteiger partial charge in [-0.25, -0.2) is 0 Å². The number of hydrogen-bond donors (Lipinski definition) is 1. The van der Waals surface area contributed by atoms with Crippen molar-refractivity contribution in [1.82, 2.24) is 9.97 Å². The first-order valence-electron chi connectivity index (χ1n) is 6.96. The molecule has 1 N–H and O–H groups in total. The molecule has 5 heteroatoms. The summed E-state index contributed by atoms with van der Waals surface area (Å²) in [5.74, 6) is -1.14. The molecule has 0 amide bonds. The summed E-state index contributed by atoms with van der Waals surface area (Å²) in [4.78, 5) is 29.1. The number of aliphatic carboxylic acids is 1. The molecular weight excluding hydrogens is 280 g/mol. The third kappa shape index (κ3) is 5.44. The molecule has 0 aromatic carbocycles. The van der Waals surface area contributed by atoms with Gasteiger partial charge in [-0.15, -0.1) is 0 Å². The second-order valence-electron chi connectivity index (χ2n) is 4.96. The molecular formula is C17H20N2O3. The lowest BCUT2D eigenvalue weighted by Crippen LogP contribution is -2.07. The van der Waals surface area contributed by atoms with Crippen molar-refractivity contribution in [2.45, 2.75) is 32.6 Å². The van der Waals surface area contributed by atoms with Crippen molar-refractivity contribution in [3.05, 3.63) is 60.2 Å². The van der Waals surface area contributed by atoms with Crippen LogP contribution in [0.25, 0.3) is 0 Å². The Morgan fingerprint density at radius 3 is 1.73 bits per heavy atom. The molecule has 5 nitrogen and oxygen atoms in total. The van der Waals surface area contributed by atoms with Crippen LogP contribution in [0.2, 0.25) is 0 Å². The van der Waals surface area contributed by atoms with Crippen LogP contribution in [-0.2, 0) is 9.59 Å². The first-order chi connectivity index (χ1) is 10.4. The van der Waals surface area contributed by atoms with E-state index in [0.29, 0.717) is 0 Å². The molecule has 2 aromatic rings. The predicted molar refractivity (Wildman–Crippen MR) is 83.6 cm³/mol. The van der Waals surface area contributed by atoms with Crippen LogP contribution in [0, 0.1) is 0 Å². The number of nitrogens with zero attached hydrogens (tertiary/aromatic N) is 2. The van der Waals surface area contributed by atoms with Crippen LogP contribution in [0.1, 0.15) is 43.7 Å². The van der Waals surface area contributed by atoms with Gasteiger partial charge in [-0.05, 0) is 37.1 Å². The van der Waals surface area contributed by atoms with Crippen LogP contribution in [0.15, 0.2) is 49.1 Å². The fraction of sp³-hybridized carbons (Fsp3) is 0.294. The van der Waals surface area contributed by atoms with Gasteiger partial charge in [-0.2, -0.15) is 0 Å². The molecule has 2 atom stereocenters. The number of carboxylic acids is 1. The summed E-state index contributed by atoms with van der Waals surface area (Å²) in [7, 11) is 0. The molecule has 0 radical (unpaired) electrons. The molecule has 0 aliphatic heterocycles. The van der Waals surface area contributed by atoms with E-state index in [9.17, 15) is 9.59 Å². The van der Waals surface area contributed by atoms with Crippen molar-refractivity contribution in [3.63, 3.8) is 0 Å². The molecule has 0 saturated heterocycles. The number of hydrogen-bond acceptors (Lipinski definition) is 4. The predicted octanol–water partition coefficient (Wildman–Crippen LogP) is 3.04. The lowest BCUT2D eigenvalue weighted by Gasteiger charge is -2.05. The number of carboxylic acid groups (broad SMARTS) is 1. The maximum atomic E-state index is 10.9. The van der Waals surface area contributed by atoms with Gasteiger partial charge in [0.05, 0.1) is 5.92 Å². The number of rotatable bonds is 4. The van der Waals surface area contributed by atoms with Gasteiger partial charge < -0.3 is 5.11 Å². The summed E-state index contributed by atoms with van der Waals surface area (Å²) in [6.45, 7) is 5.12. The number of pyridine rings is 2. The number of ketones is 1. The van der Waals surface area contributed by atoms with Crippen molar-refractivity contribution in [2.24, 2.45) is 0 Å². The van der Waals surface area contributed by atoms with Gasteiger partial charge in [-0.3, -0.25) is 19.6 Å². The molecule has 0 saturated carbocycles. The smallest absolute Gasteiger partial charge is 0.310 e. The monoisotopic (exact) mass is 300 g/mol. The minimum atomic E-state index is -0.821. The second-order valence-corrected chi connectivity index (χ2v) is 4.96. The minimum absolute atomic E-state index is 0.0244. The lowest BCUT2D eigenvalue weighted by molar-refractivity contribution is -0.138. The summed E-state index contributed by atoms with van der Waals surface area (Å²) < 4.78 is 0. The average molecular weight is 300 g/mol. The molecule has 2 aromatic heterocycles. The van der Waals surface area contributed by atoms with Crippen molar-refractivity contribution in [1.29, 1.82) is 0 Å². The SMILES string of the molecule is CC(=O)C(C)c1cccnc1.CC(C(=O)O)c1cccnc1. The van der Waals surface area contributed by atoms with Crippen molar-refractivity contribution < 1.29 is 14.7 Å². The Balaban J connectivity index is 0.000000220. The molecule has 2 heterocycles. The normalized spacial score (nSPS) is 12.5. The van der Waals surface area contributed by atoms with Gasteiger partial charge in [0, 0.05) is 30.7 Å². The highest BCUT2D eigenvalue weighted by molar-refractivity contribution is 5.82. The lowest BCUT2D eigenvalue weighted by atomic mass is 10.00. The van der Waals surface area contributed by atoms with E-state index in [-0.39, 0.29) is 11.7 Å². The highest BCUT2D eigenvalue weighted by Gasteiger charge is 2.12. The Kier molecular flexibility index (Phi) is 6.89. The van der Waals surface area contributed by atoms with Crippen LogP contribution < -0.4 is 0 Å². The second kappa shape index (κ2) is 8.67. The van der Waals surface area contributed by atoms with Crippen molar-refractivity contribution in [3.8, 4) is 0 Å². The summed E-state index contributed by atoms with van der Waals surface area (Å²) in [6, 6.07) is 7.24. The van der Waals surface area contributed by atoms with Crippen LogP contribution in [0.4, 0.5) is 0 Å². The van der Waals surface area contributed by atoms with Crippen LogP contribution in [0.3, 0.4) is 0 Å². The molecule has 22 heavy (non-hydrogen) atoms. The highest BCUT2D eigenvalue weighted by Crippen LogP contribution is 2.13. The van der Waals surface area contributed by atoms with Gasteiger partial charge in [0.1, 0.15) is 5.78 Å². The standard InChI is InChI=1S/C9H11NO.C8H9NO2/c1-7(8(2)11)9-4-3-5-10-6-9;1-6(8(10)11)7-3-2-4-9-5-7/h3-7H,1-2H3;2-6H,1H3,(H,10,11). The van der Waals surface area contributed by atoms with E-state index in [1.807, 2.05) is 19.1 Å². The third-order valence-electron chi connectivity index (χ3n) is 3.35. The molecule has 2 unspecified atom stereocenters. The summed E-state index contributed by atoms with van der Waals surface area (Å²) >= 11 is 0. The molecule has 0 bridgehead atoms. The molecule has 0 aliphatic rings. The van der Waals surface area contributed by atoms with E-state index in [2.05, 4.69) is 9.97 Å². The average Bonchev–Trinajstić information content (AvgIpc) is 2.55. The third-order valence-corrected chi connectivity index (χ3v) is 3.35. The summed E-state index contributed by atoms with van der Waals surface area (Å²) in [5, 5.41) is 8.61. The van der Waals surface area contributed by atoms with Gasteiger partial charge in [0.25, 0.3) is 0 Å². The molecule has 0 aliphatic carbocycles. The Morgan fingerprint density at radius 1 is 0.955 bits per heavy atom. The van der Waals surface area contributed by atoms with Crippen LogP contribution >= 0.6 is 0 Å². The Morgan fingerprint density at radius 2 is 1.41 bits per heavy atom. The maximum absolute atomic E-state index is 10.9. The topological polar surface area (TPSA) is 80.2 Å². The van der Waals surface area contributed by atoms with Gasteiger partial charge in [-0.1, -0.05) is 19.1 Å². The number of Topliss-reactive ketones (excluding diaryl/α,β-unsaturated/α-hetero) is 1. The zero-order chi connectivity index (χ0) is 16.5. The first-order valence-corrected chi connectivity index (χ1v) is 6.96. The van der Waals surface area contributed by atoms with E-state index in [1.54, 1.807) is 50.8 Å². The van der Waals surface area contributed by atoms with Gasteiger partial charge in [0.15, 0.2) is 0 Å². The minimum Gasteiger partial charge on any atom is -0.481 e. The quantitative estimate of drug-likeness (QED) is 0.938. The molecule has 0 spiro atoms. The highest BCUT2D eigenvalue weighted by atomic mass is 16.4. The fourth-order valence-corrected chi connectivity index (χ4v) is 1.64. The van der Waals surface area contributed by atoms with Crippen LogP contribution in [0.5, 0.6) is 0 Å². The zero-order valence-electron chi connectivity index (χ0n) is 12.9. The van der Waals surface area contributed by atoms with E-state index in [0.717, 1.165) is 11.1 Å². The Bertz CT molecular complexity index is 544. The first kappa shape index (κ1) is 17.5. The summed E-state index contributed by atoms with van der Waals surface area (Å²) in [5.41, 5.74) is 1.72. The van der Waals surface area contributed by atoms with E-state index in [4.69, 9.17) is 5.11 Å². The Labute approximate surface area is 130 Å². The molecule has 116 valence electrons. The fourth-order valence-electron chi connectivity index (χ4n) is 1.64. The van der Waals surface area contributed by atoms with E-state index in [1.165, 1.54) is 0 Å². The number of aromatic nitrogens is 2. The van der Waals surface area contributed by atoms with Crippen molar-refractivity contribution in [2.75, 3.05) is 0 Å². The largest absolute Gasteiger partial charge is 0.481 e. The van der Waals surface area contributed by atoms with Gasteiger partial charge in [0.2, 0.25) is 0 Å². The summed E-state index contributed by atoms with van der Waals surface area (Å²) in [6.07, 6.45) is 6.62. The van der Waals surface area contributed by atoms with Crippen LogP contribution in [-0.4, -0.2) is 26.8 Å². The van der Waals surface area contributed by atoms with Crippen molar-refractivity contribution >= 4 is 11.8 Å². The molecule has 0 fully saturated rings. The van der Waals surface area contributed by atoms with Gasteiger partial charge >= 0.3 is 5.97 Å². The van der Waals surface area contributed by atoms with E-state index < -0.39 is 11.9 Å². The Hall–Kier alpha value is -2.56. The number of carbonyl (C=O) groups excluding carboxylic acids is 1. The zero-order valence-corrected chi connectivity index (χ0v) is 12.9. The molecule has 2 rings (SSSR count).